The predicted molar refractivity (Wildman–Crippen MR) is 133 cm³/mol. The molecule has 0 aliphatic carbocycles. The van der Waals surface area contributed by atoms with Gasteiger partial charge in [0, 0.05) is 46.9 Å². The van der Waals surface area contributed by atoms with E-state index in [9.17, 15) is 0 Å². The molecule has 28 heavy (non-hydrogen) atoms. The van der Waals surface area contributed by atoms with Crippen LogP contribution < -0.4 is 0 Å². The van der Waals surface area contributed by atoms with Gasteiger partial charge in [0.2, 0.25) is 0 Å². The van der Waals surface area contributed by atoms with Gasteiger partial charge in [-0.1, -0.05) is 13.3 Å². The van der Waals surface area contributed by atoms with Crippen LogP contribution in [0, 0.1) is 23.7 Å². The van der Waals surface area contributed by atoms with Gasteiger partial charge in [-0.25, -0.2) is 4.31 Å². The SMILES string of the molecule is CC(CCC1CCCN(C(C)CC2CCCN(SI)C2)C1)C1CCN(C)CC1. The Balaban J connectivity index is 1.38. The molecule has 0 radical (unpaired) electrons. The Morgan fingerprint density at radius 3 is 2.39 bits per heavy atom. The summed E-state index contributed by atoms with van der Waals surface area (Å²) in [4.78, 5) is 5.36. The summed E-state index contributed by atoms with van der Waals surface area (Å²) in [5.74, 6) is 3.79. The van der Waals surface area contributed by atoms with E-state index >= 15 is 0 Å². The van der Waals surface area contributed by atoms with Crippen LogP contribution >= 0.6 is 30.3 Å². The molecule has 0 aromatic rings. The Kier molecular flexibility index (Phi) is 10.2. The molecular weight excluding hydrogens is 477 g/mol. The first-order chi connectivity index (χ1) is 13.5. The molecule has 0 amide bonds. The molecule has 3 aliphatic heterocycles. The third-order valence-electron chi connectivity index (χ3n) is 8.03. The quantitative estimate of drug-likeness (QED) is 0.289. The second-order valence-electron chi connectivity index (χ2n) is 10.2. The molecule has 3 aliphatic rings. The number of rotatable bonds is 8. The van der Waals surface area contributed by atoms with Gasteiger partial charge < -0.3 is 9.80 Å². The second kappa shape index (κ2) is 12.1. The molecule has 4 atom stereocenters. The highest BCUT2D eigenvalue weighted by atomic mass is 127. The van der Waals surface area contributed by atoms with E-state index in [0.717, 1.165) is 29.7 Å². The van der Waals surface area contributed by atoms with Crippen LogP contribution in [0.4, 0.5) is 0 Å². The van der Waals surface area contributed by atoms with Crippen LogP contribution in [0.3, 0.4) is 0 Å². The van der Waals surface area contributed by atoms with E-state index in [0.29, 0.717) is 0 Å². The van der Waals surface area contributed by atoms with Crippen molar-refractivity contribution in [2.45, 2.75) is 77.7 Å². The number of piperidine rings is 3. The van der Waals surface area contributed by atoms with Crippen LogP contribution in [0.15, 0.2) is 0 Å². The molecule has 5 heteroatoms. The zero-order chi connectivity index (χ0) is 19.9. The molecule has 0 spiro atoms. The van der Waals surface area contributed by atoms with Crippen molar-refractivity contribution < 1.29 is 0 Å². The van der Waals surface area contributed by atoms with Crippen molar-refractivity contribution >= 4 is 30.3 Å². The van der Waals surface area contributed by atoms with E-state index in [-0.39, 0.29) is 0 Å². The minimum Gasteiger partial charge on any atom is -0.306 e. The summed E-state index contributed by atoms with van der Waals surface area (Å²) in [5, 5.41) is 0. The highest BCUT2D eigenvalue weighted by Gasteiger charge is 2.28. The first-order valence-corrected chi connectivity index (χ1v) is 15.3. The lowest BCUT2D eigenvalue weighted by atomic mass is 9.80. The molecule has 0 aromatic heterocycles. The van der Waals surface area contributed by atoms with Gasteiger partial charge in [0.15, 0.2) is 0 Å². The molecule has 0 aromatic carbocycles. The average molecular weight is 522 g/mol. The monoisotopic (exact) mass is 521 g/mol. The van der Waals surface area contributed by atoms with Crippen LogP contribution in [-0.4, -0.2) is 66.5 Å². The summed E-state index contributed by atoms with van der Waals surface area (Å²) < 4.78 is 2.57. The molecule has 164 valence electrons. The predicted octanol–water partition coefficient (Wildman–Crippen LogP) is 5.95. The lowest BCUT2D eigenvalue weighted by Crippen LogP contribution is -2.43. The molecule has 0 bridgehead atoms. The molecule has 3 rings (SSSR count). The number of hydrogen-bond acceptors (Lipinski definition) is 4. The van der Waals surface area contributed by atoms with Crippen LogP contribution in [0.2, 0.25) is 0 Å². The molecule has 3 saturated heterocycles. The second-order valence-corrected chi connectivity index (χ2v) is 12.1. The topological polar surface area (TPSA) is 9.72 Å². The first kappa shape index (κ1) is 23.6. The fraction of sp³-hybridized carbons (Fsp3) is 1.00. The summed E-state index contributed by atoms with van der Waals surface area (Å²) in [6.45, 7) is 13.0. The zero-order valence-corrected chi connectivity index (χ0v) is 21.6. The van der Waals surface area contributed by atoms with Gasteiger partial charge in [-0.15, -0.1) is 0 Å². The van der Waals surface area contributed by atoms with Crippen molar-refractivity contribution in [3.8, 4) is 0 Å². The largest absolute Gasteiger partial charge is 0.306 e. The maximum absolute atomic E-state index is 2.85. The highest BCUT2D eigenvalue weighted by molar-refractivity contribution is 14.2. The third kappa shape index (κ3) is 7.28. The van der Waals surface area contributed by atoms with E-state index < -0.39 is 0 Å². The maximum atomic E-state index is 2.85. The Morgan fingerprint density at radius 2 is 1.64 bits per heavy atom. The van der Waals surface area contributed by atoms with E-state index in [1.807, 2.05) is 9.12 Å². The summed E-state index contributed by atoms with van der Waals surface area (Å²) in [5.41, 5.74) is 0. The van der Waals surface area contributed by atoms with Crippen LogP contribution in [0.1, 0.15) is 71.6 Å². The molecule has 3 fully saturated rings. The third-order valence-corrected chi connectivity index (χ3v) is 10.2. The smallest absolute Gasteiger partial charge is 0.0146 e. The lowest BCUT2D eigenvalue weighted by Gasteiger charge is -2.40. The minimum absolute atomic E-state index is 0.776. The molecule has 0 saturated carbocycles. The highest BCUT2D eigenvalue weighted by Crippen LogP contribution is 2.33. The van der Waals surface area contributed by atoms with Gasteiger partial charge in [-0.05, 0) is 118 Å². The van der Waals surface area contributed by atoms with Crippen molar-refractivity contribution in [1.82, 2.24) is 14.1 Å². The fourth-order valence-corrected chi connectivity index (χ4v) is 7.52. The van der Waals surface area contributed by atoms with E-state index in [1.54, 1.807) is 0 Å². The van der Waals surface area contributed by atoms with Crippen LogP contribution in [-0.2, 0) is 0 Å². The summed E-state index contributed by atoms with van der Waals surface area (Å²) in [7, 11) is 4.20. The summed E-state index contributed by atoms with van der Waals surface area (Å²) >= 11 is 2.46. The normalized spacial score (nSPS) is 31.7. The van der Waals surface area contributed by atoms with Crippen molar-refractivity contribution in [3.05, 3.63) is 0 Å². The molecule has 3 nitrogen and oxygen atoms in total. The van der Waals surface area contributed by atoms with Gasteiger partial charge in [0.1, 0.15) is 0 Å². The van der Waals surface area contributed by atoms with Crippen molar-refractivity contribution in [1.29, 1.82) is 0 Å². The van der Waals surface area contributed by atoms with Crippen LogP contribution in [0.5, 0.6) is 0 Å². The van der Waals surface area contributed by atoms with Gasteiger partial charge in [0.25, 0.3) is 0 Å². The summed E-state index contributed by atoms with van der Waals surface area (Å²) in [6, 6.07) is 0.776. The number of halogens is 1. The van der Waals surface area contributed by atoms with Gasteiger partial charge in [-0.3, -0.25) is 0 Å². The lowest BCUT2D eigenvalue weighted by molar-refractivity contribution is 0.0973. The zero-order valence-electron chi connectivity index (χ0n) is 18.6. The first-order valence-electron chi connectivity index (χ1n) is 12.0. The Morgan fingerprint density at radius 1 is 0.929 bits per heavy atom. The standard InChI is InChI=1S/C23H44IN3S/c1-19(23-10-14-25(3)15-11-23)8-9-21-6-4-12-26(17-21)20(2)16-22-7-5-13-27(18-22)28-24/h19-23H,4-18H2,1-3H3. The number of hydrogen-bond donors (Lipinski definition) is 0. The van der Waals surface area contributed by atoms with Crippen molar-refractivity contribution in [2.24, 2.45) is 23.7 Å². The van der Waals surface area contributed by atoms with E-state index in [4.69, 9.17) is 0 Å². The fourth-order valence-electron chi connectivity index (χ4n) is 5.98. The molecule has 4 unspecified atom stereocenters. The molecular formula is C23H44IN3S. The van der Waals surface area contributed by atoms with E-state index in [2.05, 4.69) is 56.2 Å². The summed E-state index contributed by atoms with van der Waals surface area (Å²) in [6.07, 6.45) is 13.0. The Hall–Kier alpha value is 0.960. The average Bonchev–Trinajstić information content (AvgIpc) is 2.73. The van der Waals surface area contributed by atoms with E-state index in [1.165, 1.54) is 97.1 Å². The van der Waals surface area contributed by atoms with Gasteiger partial charge >= 0.3 is 0 Å². The maximum Gasteiger partial charge on any atom is 0.0146 e. The number of likely N-dealkylation sites (tertiary alicyclic amines) is 2. The minimum atomic E-state index is 0.776. The molecule has 3 heterocycles. The number of nitrogens with zero attached hydrogens (tertiary/aromatic N) is 3. The Labute approximate surface area is 191 Å². The van der Waals surface area contributed by atoms with Crippen LogP contribution in [0.25, 0.3) is 0 Å². The van der Waals surface area contributed by atoms with Gasteiger partial charge in [-0.2, -0.15) is 0 Å². The van der Waals surface area contributed by atoms with Gasteiger partial charge in [0.05, 0.1) is 0 Å². The Bertz CT molecular complexity index is 444. The van der Waals surface area contributed by atoms with Crippen molar-refractivity contribution in [2.75, 3.05) is 46.3 Å². The van der Waals surface area contributed by atoms with Crippen molar-refractivity contribution in [3.63, 3.8) is 0 Å². The molecule has 0 N–H and O–H groups in total.